The molecule has 4 heteroatoms. The van der Waals surface area contributed by atoms with Crippen LogP contribution >= 0.6 is 11.8 Å². The fraction of sp³-hybridized carbons (Fsp3) is 0.500. The van der Waals surface area contributed by atoms with Gasteiger partial charge in [0.15, 0.2) is 0 Å². The Morgan fingerprint density at radius 3 is 2.56 bits per heavy atom. The summed E-state index contributed by atoms with van der Waals surface area (Å²) in [4.78, 5) is 12.8. The summed E-state index contributed by atoms with van der Waals surface area (Å²) in [6.45, 7) is 9.43. The second-order valence-corrected chi connectivity index (χ2v) is 6.72. The van der Waals surface area contributed by atoms with Crippen LogP contribution < -0.4 is 5.73 Å². The minimum Gasteiger partial charge on any atom is -0.459 e. The van der Waals surface area contributed by atoms with Crippen LogP contribution in [0.2, 0.25) is 0 Å². The highest BCUT2D eigenvalue weighted by molar-refractivity contribution is 8.00. The fourth-order valence-corrected chi connectivity index (χ4v) is 2.35. The molecule has 0 spiro atoms. The fourth-order valence-electron chi connectivity index (χ4n) is 1.37. The largest absolute Gasteiger partial charge is 0.459 e. The third-order valence-corrected chi connectivity index (χ3v) is 3.37. The van der Waals surface area contributed by atoms with Crippen LogP contribution in [-0.4, -0.2) is 16.8 Å². The number of nitrogens with two attached hydrogens (primary N) is 1. The van der Waals surface area contributed by atoms with Gasteiger partial charge in [-0.25, -0.2) is 0 Å². The summed E-state index contributed by atoms with van der Waals surface area (Å²) in [7, 11) is 0. The number of benzene rings is 1. The Kier molecular flexibility index (Phi) is 4.68. The van der Waals surface area contributed by atoms with Gasteiger partial charge in [-0.3, -0.25) is 4.79 Å². The van der Waals surface area contributed by atoms with Gasteiger partial charge in [-0.1, -0.05) is 6.07 Å². The van der Waals surface area contributed by atoms with E-state index in [1.54, 1.807) is 0 Å². The maximum Gasteiger partial charge on any atom is 0.319 e. The van der Waals surface area contributed by atoms with E-state index in [-0.39, 0.29) is 11.2 Å². The summed E-state index contributed by atoms with van der Waals surface area (Å²) in [6.07, 6.45) is 0. The molecular weight excluding hydrogens is 246 g/mol. The Hall–Kier alpha value is -1.16. The highest BCUT2D eigenvalue weighted by Crippen LogP contribution is 2.30. The molecule has 0 aliphatic heterocycles. The lowest BCUT2D eigenvalue weighted by Gasteiger charge is -2.22. The van der Waals surface area contributed by atoms with Gasteiger partial charge in [-0.15, -0.1) is 11.8 Å². The average Bonchev–Trinajstić information content (AvgIpc) is 2.21. The Morgan fingerprint density at radius 2 is 2.00 bits per heavy atom. The Labute approximate surface area is 113 Å². The number of nitrogen functional groups attached to an aromatic ring is 1. The number of carbonyl (C=O) groups excluding carboxylic acids is 1. The third-order valence-electron chi connectivity index (χ3n) is 2.21. The number of hydrogen-bond donors (Lipinski definition) is 1. The molecule has 0 aliphatic carbocycles. The van der Waals surface area contributed by atoms with E-state index in [1.807, 2.05) is 52.8 Å². The van der Waals surface area contributed by atoms with Crippen molar-refractivity contribution < 1.29 is 9.53 Å². The van der Waals surface area contributed by atoms with E-state index in [0.29, 0.717) is 5.69 Å². The number of carbonyl (C=O) groups is 1. The van der Waals surface area contributed by atoms with E-state index in [2.05, 4.69) is 0 Å². The van der Waals surface area contributed by atoms with E-state index in [1.165, 1.54) is 11.8 Å². The second-order valence-electron chi connectivity index (χ2n) is 5.33. The number of thioether (sulfide) groups is 1. The molecule has 18 heavy (non-hydrogen) atoms. The van der Waals surface area contributed by atoms with Crippen LogP contribution in [0.5, 0.6) is 0 Å². The lowest BCUT2D eigenvalue weighted by Crippen LogP contribution is -2.28. The van der Waals surface area contributed by atoms with Crippen LogP contribution in [0.1, 0.15) is 33.3 Å². The van der Waals surface area contributed by atoms with Crippen LogP contribution in [0, 0.1) is 6.92 Å². The number of ether oxygens (including phenoxy) is 1. The van der Waals surface area contributed by atoms with Crippen molar-refractivity contribution in [2.24, 2.45) is 0 Å². The van der Waals surface area contributed by atoms with Crippen LogP contribution in [0.25, 0.3) is 0 Å². The summed E-state index contributed by atoms with van der Waals surface area (Å²) in [5, 5.41) is -0.270. The van der Waals surface area contributed by atoms with Crippen molar-refractivity contribution in [3.63, 3.8) is 0 Å². The van der Waals surface area contributed by atoms with Crippen molar-refractivity contribution in [3.8, 4) is 0 Å². The first-order valence-electron chi connectivity index (χ1n) is 5.94. The first-order valence-corrected chi connectivity index (χ1v) is 6.82. The van der Waals surface area contributed by atoms with Gasteiger partial charge in [0.1, 0.15) is 10.9 Å². The van der Waals surface area contributed by atoms with Gasteiger partial charge in [0.2, 0.25) is 0 Å². The molecule has 0 heterocycles. The molecule has 2 N–H and O–H groups in total. The van der Waals surface area contributed by atoms with Crippen LogP contribution in [-0.2, 0) is 9.53 Å². The van der Waals surface area contributed by atoms with Crippen molar-refractivity contribution in [2.75, 3.05) is 5.73 Å². The quantitative estimate of drug-likeness (QED) is 0.518. The summed E-state index contributed by atoms with van der Waals surface area (Å²) in [6, 6.07) is 5.80. The first kappa shape index (κ1) is 14.9. The van der Waals surface area contributed by atoms with Gasteiger partial charge in [0.25, 0.3) is 0 Å². The molecule has 0 aromatic heterocycles. The number of aryl methyl sites for hydroxylation is 1. The van der Waals surface area contributed by atoms with E-state index in [4.69, 9.17) is 10.5 Å². The van der Waals surface area contributed by atoms with Crippen LogP contribution in [0.3, 0.4) is 0 Å². The maximum absolute atomic E-state index is 11.9. The highest BCUT2D eigenvalue weighted by atomic mass is 32.2. The SMILES string of the molecule is Cc1ccc(N)c(SC(C)C(=O)OC(C)(C)C)c1. The van der Waals surface area contributed by atoms with Crippen molar-refractivity contribution in [1.82, 2.24) is 0 Å². The molecule has 1 aromatic rings. The molecule has 1 rings (SSSR count). The van der Waals surface area contributed by atoms with Gasteiger partial charge in [-0.2, -0.15) is 0 Å². The van der Waals surface area contributed by atoms with Gasteiger partial charge in [0.05, 0.1) is 0 Å². The van der Waals surface area contributed by atoms with Crippen molar-refractivity contribution in [2.45, 2.75) is 50.4 Å². The predicted molar refractivity (Wildman–Crippen MR) is 76.8 cm³/mol. The molecule has 100 valence electrons. The van der Waals surface area contributed by atoms with Gasteiger partial charge in [-0.05, 0) is 52.3 Å². The second kappa shape index (κ2) is 5.65. The molecule has 1 unspecified atom stereocenters. The molecule has 1 atom stereocenters. The summed E-state index contributed by atoms with van der Waals surface area (Å²) < 4.78 is 5.34. The van der Waals surface area contributed by atoms with Crippen molar-refractivity contribution >= 4 is 23.4 Å². The number of esters is 1. The molecule has 0 saturated heterocycles. The normalized spacial score (nSPS) is 13.2. The van der Waals surface area contributed by atoms with E-state index < -0.39 is 5.60 Å². The molecule has 0 saturated carbocycles. The Bertz CT molecular complexity index is 438. The predicted octanol–water partition coefficient (Wildman–Crippen LogP) is 3.40. The summed E-state index contributed by atoms with van der Waals surface area (Å²) in [5.41, 5.74) is 7.26. The first-order chi connectivity index (χ1) is 8.19. The van der Waals surface area contributed by atoms with E-state index in [9.17, 15) is 4.79 Å². The minimum absolute atomic E-state index is 0.214. The molecule has 0 radical (unpaired) electrons. The lowest BCUT2D eigenvalue weighted by atomic mass is 10.2. The highest BCUT2D eigenvalue weighted by Gasteiger charge is 2.23. The van der Waals surface area contributed by atoms with Gasteiger partial charge < -0.3 is 10.5 Å². The summed E-state index contributed by atoms with van der Waals surface area (Å²) in [5.74, 6) is -0.214. The molecule has 0 bridgehead atoms. The van der Waals surface area contributed by atoms with E-state index in [0.717, 1.165) is 10.5 Å². The number of hydrogen-bond acceptors (Lipinski definition) is 4. The monoisotopic (exact) mass is 267 g/mol. The molecule has 0 amide bonds. The summed E-state index contributed by atoms with van der Waals surface area (Å²) >= 11 is 1.43. The standard InChI is InChI=1S/C14H21NO2S/c1-9-6-7-11(15)12(8-9)18-10(2)13(16)17-14(3,4)5/h6-8,10H,15H2,1-5H3. The minimum atomic E-state index is -0.454. The van der Waals surface area contributed by atoms with Gasteiger partial charge >= 0.3 is 5.97 Å². The Balaban J connectivity index is 2.72. The molecule has 0 aliphatic rings. The molecule has 1 aromatic carbocycles. The van der Waals surface area contributed by atoms with Crippen LogP contribution in [0.15, 0.2) is 23.1 Å². The number of rotatable bonds is 3. The van der Waals surface area contributed by atoms with Crippen molar-refractivity contribution in [1.29, 1.82) is 0 Å². The maximum atomic E-state index is 11.9. The zero-order chi connectivity index (χ0) is 13.9. The van der Waals surface area contributed by atoms with Gasteiger partial charge in [0, 0.05) is 10.6 Å². The number of anilines is 1. The van der Waals surface area contributed by atoms with Crippen LogP contribution in [0.4, 0.5) is 5.69 Å². The Morgan fingerprint density at radius 1 is 1.39 bits per heavy atom. The molecule has 0 fully saturated rings. The zero-order valence-electron chi connectivity index (χ0n) is 11.6. The van der Waals surface area contributed by atoms with E-state index >= 15 is 0 Å². The third kappa shape index (κ3) is 4.61. The molecule has 3 nitrogen and oxygen atoms in total. The smallest absolute Gasteiger partial charge is 0.319 e. The average molecular weight is 267 g/mol. The zero-order valence-corrected chi connectivity index (χ0v) is 12.4. The van der Waals surface area contributed by atoms with Crippen molar-refractivity contribution in [3.05, 3.63) is 23.8 Å². The lowest BCUT2D eigenvalue weighted by molar-refractivity contribution is -0.153. The topological polar surface area (TPSA) is 52.3 Å². The molecular formula is C14H21NO2S.